The van der Waals surface area contributed by atoms with E-state index in [0.29, 0.717) is 6.54 Å². The maximum atomic E-state index is 12.9. The van der Waals surface area contributed by atoms with Crippen LogP contribution in [0.3, 0.4) is 0 Å². The van der Waals surface area contributed by atoms with Crippen LogP contribution < -0.4 is 10.2 Å². The molecule has 6 atom stereocenters. The van der Waals surface area contributed by atoms with Crippen LogP contribution in [-0.2, 0) is 14.3 Å². The van der Waals surface area contributed by atoms with E-state index in [1.54, 1.807) is 0 Å². The van der Waals surface area contributed by atoms with Crippen molar-refractivity contribution in [3.05, 3.63) is 78.1 Å². The van der Waals surface area contributed by atoms with E-state index in [1.807, 2.05) is 60.7 Å². The number of aliphatic hydroxyl groups is 4. The summed E-state index contributed by atoms with van der Waals surface area (Å²) in [5, 5.41) is 44.9. The molecule has 2 aromatic heterocycles. The highest BCUT2D eigenvalue weighted by Crippen LogP contribution is 2.35. The van der Waals surface area contributed by atoms with E-state index in [9.17, 15) is 38.4 Å². The number of halogens is 3. The van der Waals surface area contributed by atoms with Gasteiger partial charge in [-0.2, -0.15) is 23.1 Å². The Morgan fingerprint density at radius 3 is 2.26 bits per heavy atom. The molecule has 2 aromatic carbocycles. The molecule has 0 aliphatic carbocycles. The van der Waals surface area contributed by atoms with E-state index in [0.717, 1.165) is 11.1 Å². The highest BCUT2D eigenvalue weighted by molar-refractivity contribution is 5.84. The van der Waals surface area contributed by atoms with Crippen molar-refractivity contribution in [1.82, 2.24) is 19.5 Å². The van der Waals surface area contributed by atoms with Gasteiger partial charge in [0.05, 0.1) is 12.9 Å². The first-order valence-corrected chi connectivity index (χ1v) is 14.5. The predicted molar refractivity (Wildman–Crippen MR) is 155 cm³/mol. The Labute approximate surface area is 259 Å². The fourth-order valence-corrected chi connectivity index (χ4v) is 5.74. The molecule has 13 nitrogen and oxygen atoms in total. The third-order valence-electron chi connectivity index (χ3n) is 8.13. The molecule has 244 valence electrons. The summed E-state index contributed by atoms with van der Waals surface area (Å²) in [6.07, 6.45) is -12.4. The lowest BCUT2D eigenvalue weighted by Crippen LogP contribution is -2.40. The van der Waals surface area contributed by atoms with E-state index >= 15 is 0 Å². The summed E-state index contributed by atoms with van der Waals surface area (Å²) in [5.74, 6) is -2.50. The number of carbonyl (C=O) groups excluding carboxylic acids is 1. The number of hydrogen-bond donors (Lipinski definition) is 5. The minimum Gasteiger partial charge on any atom is -0.451 e. The Kier molecular flexibility index (Phi) is 8.80. The first-order valence-electron chi connectivity index (χ1n) is 14.5. The first-order chi connectivity index (χ1) is 22.1. The minimum absolute atomic E-state index is 0.0550. The Morgan fingerprint density at radius 2 is 1.67 bits per heavy atom. The molecule has 0 radical (unpaired) electrons. The predicted octanol–water partition coefficient (Wildman–Crippen LogP) is 1.68. The van der Waals surface area contributed by atoms with Crippen LogP contribution in [0, 0.1) is 0 Å². The van der Waals surface area contributed by atoms with Crippen molar-refractivity contribution < 1.29 is 47.9 Å². The summed E-state index contributed by atoms with van der Waals surface area (Å²) >= 11 is 0. The van der Waals surface area contributed by atoms with Crippen molar-refractivity contribution in [3.8, 4) is 0 Å². The lowest BCUT2D eigenvalue weighted by molar-refractivity contribution is -0.207. The van der Waals surface area contributed by atoms with Gasteiger partial charge < -0.3 is 40.1 Å². The minimum atomic E-state index is -5.24. The second kappa shape index (κ2) is 12.8. The van der Waals surface area contributed by atoms with Crippen molar-refractivity contribution in [1.29, 1.82) is 0 Å². The normalized spacial score (nSPS) is 25.0. The molecule has 2 aliphatic heterocycles. The fraction of sp³-hybridized carbons (Fsp3) is 0.400. The van der Waals surface area contributed by atoms with Gasteiger partial charge >= 0.3 is 12.1 Å². The monoisotopic (exact) mass is 644 g/mol. The number of nitrogens with zero attached hydrogens (tertiary/aromatic N) is 5. The van der Waals surface area contributed by atoms with Crippen LogP contribution >= 0.6 is 0 Å². The molecule has 1 unspecified atom stereocenters. The average molecular weight is 645 g/mol. The van der Waals surface area contributed by atoms with Crippen LogP contribution in [-0.4, -0.2) is 102 Å². The van der Waals surface area contributed by atoms with Gasteiger partial charge in [0.25, 0.3) is 0 Å². The number of rotatable bonds is 9. The van der Waals surface area contributed by atoms with Crippen LogP contribution in [0.1, 0.15) is 29.7 Å². The fourth-order valence-electron chi connectivity index (χ4n) is 5.74. The Balaban J connectivity index is 1.37. The molecule has 46 heavy (non-hydrogen) atoms. The van der Waals surface area contributed by atoms with Crippen LogP contribution in [0.25, 0.3) is 11.2 Å². The Morgan fingerprint density at radius 1 is 1.02 bits per heavy atom. The average Bonchev–Trinajstić information content (AvgIpc) is 3.72. The largest absolute Gasteiger partial charge is 0.490 e. The second-order valence-corrected chi connectivity index (χ2v) is 11.0. The standard InChI is InChI=1S/C30H31F3N6O7/c31-30(32,33)28(44)46-19-11-12-38(26(19)43)29-36-24(34-13-18(16-7-3-1-4-8-16)17-9-5-2-6-10-17)21-25(37-29)39(15-35-21)27-23(42)22(41)20(14-40)45-27/h1-10,15,18-20,22-23,26-27,40-43H,11-14H2,(H,34,36,37)/t19-,20+,22+,23-,26?,27+/m0/s1. The van der Waals surface area contributed by atoms with Crippen molar-refractivity contribution in [2.45, 2.75) is 55.4 Å². The summed E-state index contributed by atoms with van der Waals surface area (Å²) in [6.45, 7) is -0.304. The summed E-state index contributed by atoms with van der Waals surface area (Å²) in [7, 11) is 0. The van der Waals surface area contributed by atoms with Crippen molar-refractivity contribution in [3.63, 3.8) is 0 Å². The number of ether oxygens (including phenoxy) is 2. The molecule has 5 N–H and O–H groups in total. The molecule has 0 saturated carbocycles. The van der Waals surface area contributed by atoms with E-state index in [4.69, 9.17) is 4.74 Å². The van der Waals surface area contributed by atoms with E-state index in [2.05, 4.69) is 25.0 Å². The molecule has 0 amide bonds. The molecule has 2 fully saturated rings. The molecule has 0 bridgehead atoms. The number of fused-ring (bicyclic) bond motifs is 1. The number of imidazole rings is 1. The zero-order valence-corrected chi connectivity index (χ0v) is 24.1. The molecule has 16 heteroatoms. The summed E-state index contributed by atoms with van der Waals surface area (Å²) in [4.78, 5) is 26.2. The number of hydrogen-bond acceptors (Lipinski definition) is 12. The van der Waals surface area contributed by atoms with Gasteiger partial charge in [0.2, 0.25) is 5.95 Å². The molecule has 6 rings (SSSR count). The van der Waals surface area contributed by atoms with Gasteiger partial charge in [0, 0.05) is 25.4 Å². The molecule has 4 heterocycles. The van der Waals surface area contributed by atoms with E-state index < -0.39 is 55.6 Å². The quantitative estimate of drug-likeness (QED) is 0.167. The zero-order chi connectivity index (χ0) is 32.6. The highest BCUT2D eigenvalue weighted by Gasteiger charge is 2.47. The van der Waals surface area contributed by atoms with Crippen LogP contribution in [0.15, 0.2) is 67.0 Å². The number of benzene rings is 2. The van der Waals surface area contributed by atoms with Gasteiger partial charge in [-0.25, -0.2) is 9.78 Å². The maximum absolute atomic E-state index is 12.9. The highest BCUT2D eigenvalue weighted by atomic mass is 19.4. The number of nitrogens with one attached hydrogen (secondary N) is 1. The third kappa shape index (κ3) is 6.09. The number of carbonyl (C=O) groups is 1. The van der Waals surface area contributed by atoms with E-state index in [-0.39, 0.29) is 41.8 Å². The molecule has 2 saturated heterocycles. The second-order valence-electron chi connectivity index (χ2n) is 11.0. The molecular formula is C30H31F3N6O7. The van der Waals surface area contributed by atoms with Crippen molar-refractivity contribution in [2.75, 3.05) is 29.9 Å². The number of alkyl halides is 3. The summed E-state index contributed by atoms with van der Waals surface area (Å²) in [6, 6.07) is 19.4. The number of aromatic nitrogens is 4. The lowest BCUT2D eigenvalue weighted by atomic mass is 9.91. The Bertz CT molecular complexity index is 1620. The van der Waals surface area contributed by atoms with Crippen molar-refractivity contribution >= 4 is 28.9 Å². The summed E-state index contributed by atoms with van der Waals surface area (Å²) in [5.41, 5.74) is 2.34. The van der Waals surface area contributed by atoms with Gasteiger partial charge in [0.15, 0.2) is 29.4 Å². The molecule has 0 spiro atoms. The number of esters is 1. The third-order valence-corrected chi connectivity index (χ3v) is 8.13. The van der Waals surface area contributed by atoms with Crippen molar-refractivity contribution in [2.24, 2.45) is 0 Å². The van der Waals surface area contributed by atoms with Gasteiger partial charge in [-0.3, -0.25) is 4.57 Å². The van der Waals surface area contributed by atoms with Gasteiger partial charge in [-0.05, 0) is 11.1 Å². The van der Waals surface area contributed by atoms with Crippen LogP contribution in [0.5, 0.6) is 0 Å². The van der Waals surface area contributed by atoms with Crippen LogP contribution in [0.2, 0.25) is 0 Å². The topological polar surface area (TPSA) is 175 Å². The first kappa shape index (κ1) is 31.6. The molecular weight excluding hydrogens is 613 g/mol. The smallest absolute Gasteiger partial charge is 0.451 e. The molecule has 2 aliphatic rings. The van der Waals surface area contributed by atoms with E-state index in [1.165, 1.54) is 15.8 Å². The molecule has 4 aromatic rings. The van der Waals surface area contributed by atoms with Crippen LogP contribution in [0.4, 0.5) is 24.9 Å². The lowest BCUT2D eigenvalue weighted by Gasteiger charge is -2.25. The zero-order valence-electron chi connectivity index (χ0n) is 24.1. The number of aliphatic hydroxyl groups excluding tert-OH is 4. The maximum Gasteiger partial charge on any atom is 0.490 e. The summed E-state index contributed by atoms with van der Waals surface area (Å²) < 4.78 is 50.1. The van der Waals surface area contributed by atoms with Gasteiger partial charge in [-0.15, -0.1) is 0 Å². The van der Waals surface area contributed by atoms with Gasteiger partial charge in [0.1, 0.15) is 24.4 Å². The number of anilines is 2. The van der Waals surface area contributed by atoms with Gasteiger partial charge in [-0.1, -0.05) is 60.7 Å². The SMILES string of the molecule is O=C(O[C@H]1CCN(c2nc(NCC(c3ccccc3)c3ccccc3)c3ncn([C@@H]4O[C@H](CO)[C@@H](O)[C@@H]4O)c3n2)C1O)C(F)(F)F. The Hall–Kier alpha value is -4.35.